The molecule has 1 fully saturated rings. The summed E-state index contributed by atoms with van der Waals surface area (Å²) in [6, 6.07) is 6.96. The molecule has 2 heterocycles. The van der Waals surface area contributed by atoms with Crippen molar-refractivity contribution < 1.29 is 18.8 Å². The van der Waals surface area contributed by atoms with E-state index in [1.54, 1.807) is 13.0 Å². The second kappa shape index (κ2) is 9.29. The number of halogens is 1. The highest BCUT2D eigenvalue weighted by Crippen LogP contribution is 2.13. The number of carbonyl (C=O) groups is 3. The highest BCUT2D eigenvalue weighted by Gasteiger charge is 2.21. The SMILES string of the molecule is Cc1cc(=O)c(C(=O)NNC(=O)CN2CCCCCC2=O)nn1-c1ccccc1F. The smallest absolute Gasteiger partial charge is 0.294 e. The number of hydrogen-bond donors (Lipinski definition) is 2. The van der Waals surface area contributed by atoms with E-state index in [9.17, 15) is 23.6 Å². The van der Waals surface area contributed by atoms with Crippen molar-refractivity contribution in [3.05, 3.63) is 57.8 Å². The minimum absolute atomic E-state index is 0.0766. The lowest BCUT2D eigenvalue weighted by molar-refractivity contribution is -0.135. The number of likely N-dealkylation sites (tertiary alicyclic amines) is 1. The molecule has 1 aliphatic rings. The summed E-state index contributed by atoms with van der Waals surface area (Å²) in [5.41, 5.74) is 3.55. The predicted molar refractivity (Wildman–Crippen MR) is 105 cm³/mol. The topological polar surface area (TPSA) is 113 Å². The number of para-hydroxylation sites is 1. The summed E-state index contributed by atoms with van der Waals surface area (Å²) >= 11 is 0. The number of nitrogens with zero attached hydrogens (tertiary/aromatic N) is 3. The molecule has 10 heteroatoms. The zero-order valence-corrected chi connectivity index (χ0v) is 16.5. The third kappa shape index (κ3) is 4.88. The summed E-state index contributed by atoms with van der Waals surface area (Å²) in [5.74, 6) is -2.22. The highest BCUT2D eigenvalue weighted by molar-refractivity contribution is 5.94. The molecule has 2 N–H and O–H groups in total. The molecule has 0 saturated carbocycles. The minimum Gasteiger partial charge on any atom is -0.333 e. The first-order valence-electron chi connectivity index (χ1n) is 9.59. The van der Waals surface area contributed by atoms with Gasteiger partial charge in [-0.05, 0) is 31.9 Å². The number of benzene rings is 1. The molecule has 0 atom stereocenters. The maximum absolute atomic E-state index is 14.1. The maximum atomic E-state index is 14.1. The molecule has 3 rings (SSSR count). The van der Waals surface area contributed by atoms with E-state index >= 15 is 0 Å². The molecule has 1 saturated heterocycles. The summed E-state index contributed by atoms with van der Waals surface area (Å²) in [4.78, 5) is 50.1. The van der Waals surface area contributed by atoms with Gasteiger partial charge in [0.05, 0.1) is 0 Å². The van der Waals surface area contributed by atoms with Crippen LogP contribution in [0, 0.1) is 12.7 Å². The molecule has 0 unspecified atom stereocenters. The fourth-order valence-corrected chi connectivity index (χ4v) is 3.18. The lowest BCUT2D eigenvalue weighted by atomic mass is 10.2. The standard InChI is InChI=1S/C20H22FN5O4/c1-13-11-16(27)19(24-26(13)15-8-5-4-7-14(15)21)20(30)23-22-17(28)12-25-10-6-2-3-9-18(25)29/h4-5,7-8,11H,2-3,6,9-10,12H2,1H3,(H,22,28)(H,23,30). The molecular formula is C20H22FN5O4. The van der Waals surface area contributed by atoms with Crippen LogP contribution in [0.2, 0.25) is 0 Å². The third-order valence-corrected chi connectivity index (χ3v) is 4.72. The summed E-state index contributed by atoms with van der Waals surface area (Å²) < 4.78 is 15.2. The van der Waals surface area contributed by atoms with Crippen LogP contribution >= 0.6 is 0 Å². The molecular weight excluding hydrogens is 393 g/mol. The van der Waals surface area contributed by atoms with Gasteiger partial charge < -0.3 is 4.90 Å². The molecule has 9 nitrogen and oxygen atoms in total. The quantitative estimate of drug-likeness (QED) is 0.719. The average Bonchev–Trinajstić information content (AvgIpc) is 2.91. The molecule has 0 bridgehead atoms. The van der Waals surface area contributed by atoms with Gasteiger partial charge in [-0.15, -0.1) is 0 Å². The van der Waals surface area contributed by atoms with Crippen LogP contribution in [0.4, 0.5) is 4.39 Å². The van der Waals surface area contributed by atoms with Gasteiger partial charge in [0.2, 0.25) is 11.3 Å². The van der Waals surface area contributed by atoms with Gasteiger partial charge >= 0.3 is 0 Å². The van der Waals surface area contributed by atoms with Crippen LogP contribution < -0.4 is 16.3 Å². The molecule has 1 aromatic carbocycles. The number of carbonyl (C=O) groups excluding carboxylic acids is 3. The van der Waals surface area contributed by atoms with Crippen molar-refractivity contribution in [3.63, 3.8) is 0 Å². The van der Waals surface area contributed by atoms with E-state index in [1.807, 2.05) is 0 Å². The fraction of sp³-hybridized carbons (Fsp3) is 0.350. The Hall–Kier alpha value is -3.56. The molecule has 0 spiro atoms. The van der Waals surface area contributed by atoms with Gasteiger partial charge in [0, 0.05) is 24.7 Å². The zero-order chi connectivity index (χ0) is 21.7. The van der Waals surface area contributed by atoms with Crippen molar-refractivity contribution in [2.75, 3.05) is 13.1 Å². The van der Waals surface area contributed by atoms with Gasteiger partial charge in [-0.3, -0.25) is 30.0 Å². The molecule has 158 valence electrons. The Kier molecular flexibility index (Phi) is 6.55. The minimum atomic E-state index is -0.944. The number of aromatic nitrogens is 2. The van der Waals surface area contributed by atoms with E-state index in [1.165, 1.54) is 23.1 Å². The molecule has 1 aliphatic heterocycles. The van der Waals surface area contributed by atoms with Crippen molar-refractivity contribution in [2.45, 2.75) is 32.6 Å². The van der Waals surface area contributed by atoms with Crippen LogP contribution in [0.5, 0.6) is 0 Å². The van der Waals surface area contributed by atoms with Crippen LogP contribution in [-0.2, 0) is 9.59 Å². The van der Waals surface area contributed by atoms with Crippen molar-refractivity contribution in [1.82, 2.24) is 25.5 Å². The lowest BCUT2D eigenvalue weighted by Crippen LogP contribution is -2.48. The van der Waals surface area contributed by atoms with Crippen LogP contribution in [0.1, 0.15) is 41.9 Å². The largest absolute Gasteiger partial charge is 0.333 e. The zero-order valence-electron chi connectivity index (χ0n) is 16.5. The van der Waals surface area contributed by atoms with Gasteiger partial charge in [-0.25, -0.2) is 9.07 Å². The maximum Gasteiger partial charge on any atom is 0.294 e. The van der Waals surface area contributed by atoms with Crippen molar-refractivity contribution in [1.29, 1.82) is 0 Å². The van der Waals surface area contributed by atoms with E-state index in [-0.39, 0.29) is 18.1 Å². The van der Waals surface area contributed by atoms with Crippen molar-refractivity contribution >= 4 is 17.7 Å². The van der Waals surface area contributed by atoms with Crippen LogP contribution in [0.15, 0.2) is 35.1 Å². The Morgan fingerprint density at radius 2 is 1.90 bits per heavy atom. The Balaban J connectivity index is 1.70. The molecule has 2 aromatic rings. The predicted octanol–water partition coefficient (Wildman–Crippen LogP) is 0.844. The normalized spacial score (nSPS) is 14.2. The van der Waals surface area contributed by atoms with E-state index in [4.69, 9.17) is 0 Å². The third-order valence-electron chi connectivity index (χ3n) is 4.72. The van der Waals surface area contributed by atoms with Crippen LogP contribution in [0.3, 0.4) is 0 Å². The highest BCUT2D eigenvalue weighted by atomic mass is 19.1. The number of hydrazine groups is 1. The summed E-state index contributed by atoms with van der Waals surface area (Å²) in [6.45, 7) is 1.84. The van der Waals surface area contributed by atoms with E-state index in [0.717, 1.165) is 30.0 Å². The first-order valence-corrected chi connectivity index (χ1v) is 9.59. The summed E-state index contributed by atoms with van der Waals surface area (Å²) in [7, 11) is 0. The first kappa shape index (κ1) is 21.2. The van der Waals surface area contributed by atoms with Crippen LogP contribution in [-0.4, -0.2) is 45.5 Å². The number of nitrogens with one attached hydrogen (secondary N) is 2. The van der Waals surface area contributed by atoms with Gasteiger partial charge in [-0.1, -0.05) is 18.6 Å². The molecule has 30 heavy (non-hydrogen) atoms. The number of rotatable bonds is 4. The van der Waals surface area contributed by atoms with Gasteiger partial charge in [0.1, 0.15) is 18.0 Å². The van der Waals surface area contributed by atoms with E-state index in [0.29, 0.717) is 18.7 Å². The number of aryl methyl sites for hydroxylation is 1. The second-order valence-electron chi connectivity index (χ2n) is 6.99. The number of amides is 3. The summed E-state index contributed by atoms with van der Waals surface area (Å²) in [6.07, 6.45) is 2.92. The Labute approximate surface area is 171 Å². The molecule has 0 aliphatic carbocycles. The van der Waals surface area contributed by atoms with Crippen molar-refractivity contribution in [3.8, 4) is 5.69 Å². The van der Waals surface area contributed by atoms with Crippen LogP contribution in [0.25, 0.3) is 5.69 Å². The van der Waals surface area contributed by atoms with E-state index in [2.05, 4.69) is 16.0 Å². The van der Waals surface area contributed by atoms with Gasteiger partial charge in [-0.2, -0.15) is 5.10 Å². The lowest BCUT2D eigenvalue weighted by Gasteiger charge is -2.19. The van der Waals surface area contributed by atoms with Crippen molar-refractivity contribution in [2.24, 2.45) is 0 Å². The van der Waals surface area contributed by atoms with E-state index < -0.39 is 28.8 Å². The molecule has 0 radical (unpaired) electrons. The second-order valence-corrected chi connectivity index (χ2v) is 6.99. The van der Waals surface area contributed by atoms with Gasteiger partial charge in [0.25, 0.3) is 11.8 Å². The Morgan fingerprint density at radius 3 is 2.67 bits per heavy atom. The number of hydrogen-bond acceptors (Lipinski definition) is 5. The molecule has 3 amide bonds. The molecule has 1 aromatic heterocycles. The fourth-order valence-electron chi connectivity index (χ4n) is 3.18. The monoisotopic (exact) mass is 415 g/mol. The Bertz CT molecular complexity index is 1040. The first-order chi connectivity index (χ1) is 14.4. The van der Waals surface area contributed by atoms with Gasteiger partial charge in [0.15, 0.2) is 5.69 Å². The summed E-state index contributed by atoms with van der Waals surface area (Å²) in [5, 5.41) is 3.96. The average molecular weight is 415 g/mol. The Morgan fingerprint density at radius 1 is 1.13 bits per heavy atom.